The summed E-state index contributed by atoms with van der Waals surface area (Å²) >= 11 is 0. The van der Waals surface area contributed by atoms with Crippen molar-refractivity contribution in [2.24, 2.45) is 0 Å². The van der Waals surface area contributed by atoms with Gasteiger partial charge in [-0.05, 0) is 31.2 Å². The second-order valence-electron chi connectivity index (χ2n) is 9.43. The number of halogens is 2. The molecule has 3 atom stereocenters. The number of hydrogen-bond donors (Lipinski definition) is 1. The summed E-state index contributed by atoms with van der Waals surface area (Å²) in [5.74, 6) is 0.790. The van der Waals surface area contributed by atoms with Gasteiger partial charge >= 0.3 is 6.29 Å². The van der Waals surface area contributed by atoms with Crippen LogP contribution in [0.25, 0.3) is 6.08 Å². The maximum atomic E-state index is 13.8. The van der Waals surface area contributed by atoms with Crippen LogP contribution < -0.4 is 29.0 Å². The van der Waals surface area contributed by atoms with Crippen molar-refractivity contribution in [3.05, 3.63) is 71.8 Å². The number of rotatable bonds is 5. The van der Waals surface area contributed by atoms with E-state index in [1.54, 1.807) is 44.6 Å². The average molecular weight is 523 g/mol. The zero-order valence-corrected chi connectivity index (χ0v) is 20.5. The summed E-state index contributed by atoms with van der Waals surface area (Å²) < 4.78 is 53.6. The molecular weight excluding hydrogens is 500 g/mol. The fraction of sp³-hybridized carbons (Fsp3) is 0.296. The smallest absolute Gasteiger partial charge is 0.497 e. The van der Waals surface area contributed by atoms with Crippen molar-refractivity contribution in [1.29, 1.82) is 0 Å². The lowest BCUT2D eigenvalue weighted by molar-refractivity contribution is -0.286. The molecule has 0 unspecified atom stereocenters. The number of nitrogens with one attached hydrogen (secondary N) is 1. The summed E-state index contributed by atoms with van der Waals surface area (Å²) in [6.45, 7) is 5.41. The molecule has 3 aliphatic rings. The molecular formula is C27H23F2N3O6. The number of carbonyl (C=O) groups excluding carboxylic acids is 1. The second kappa shape index (κ2) is 8.57. The monoisotopic (exact) mass is 523 g/mol. The lowest BCUT2D eigenvalue weighted by atomic mass is 9.82. The molecule has 0 bridgehead atoms. The molecule has 4 heterocycles. The van der Waals surface area contributed by atoms with Crippen LogP contribution in [0.5, 0.6) is 28.7 Å². The third-order valence-corrected chi connectivity index (χ3v) is 6.97. The normalized spacial score (nSPS) is 23.9. The molecule has 0 saturated carbocycles. The number of carbonyl (C=O) groups is 1. The summed E-state index contributed by atoms with van der Waals surface area (Å²) in [7, 11) is 1.56. The van der Waals surface area contributed by atoms with Crippen molar-refractivity contribution in [2.75, 3.05) is 13.7 Å². The Balaban J connectivity index is 1.31. The van der Waals surface area contributed by atoms with Crippen LogP contribution in [0.3, 0.4) is 0 Å². The Hall–Kier alpha value is -4.41. The van der Waals surface area contributed by atoms with E-state index in [1.807, 2.05) is 6.07 Å². The van der Waals surface area contributed by atoms with Gasteiger partial charge in [0.05, 0.1) is 36.9 Å². The number of amides is 1. The van der Waals surface area contributed by atoms with Crippen molar-refractivity contribution < 1.29 is 37.3 Å². The van der Waals surface area contributed by atoms with Gasteiger partial charge in [0.2, 0.25) is 5.91 Å². The summed E-state index contributed by atoms with van der Waals surface area (Å²) in [6, 6.07) is 7.62. The van der Waals surface area contributed by atoms with Crippen LogP contribution in [0.2, 0.25) is 0 Å². The van der Waals surface area contributed by atoms with Crippen LogP contribution in [0.1, 0.15) is 48.0 Å². The number of hydrogen-bond acceptors (Lipinski definition) is 8. The highest BCUT2D eigenvalue weighted by Crippen LogP contribution is 2.50. The van der Waals surface area contributed by atoms with Crippen LogP contribution in [0.15, 0.2) is 49.3 Å². The van der Waals surface area contributed by atoms with Crippen LogP contribution >= 0.6 is 0 Å². The highest BCUT2D eigenvalue weighted by atomic mass is 19.3. The van der Waals surface area contributed by atoms with Gasteiger partial charge in [-0.2, -0.15) is 0 Å². The first-order valence-corrected chi connectivity index (χ1v) is 11.9. The number of fused-ring (bicyclic) bond motifs is 3. The third-order valence-electron chi connectivity index (χ3n) is 6.97. The first kappa shape index (κ1) is 24.0. The van der Waals surface area contributed by atoms with Crippen LogP contribution in [-0.2, 0) is 10.2 Å². The van der Waals surface area contributed by atoms with Crippen molar-refractivity contribution in [3.8, 4) is 28.7 Å². The Kier molecular flexibility index (Phi) is 5.41. The molecule has 3 aliphatic heterocycles. The molecule has 6 rings (SSSR count). The molecule has 0 radical (unpaired) electrons. The minimum absolute atomic E-state index is 0.0179. The zero-order chi connectivity index (χ0) is 26.7. The summed E-state index contributed by atoms with van der Waals surface area (Å²) in [5.41, 5.74) is 1.25. The predicted octanol–water partition coefficient (Wildman–Crippen LogP) is 4.48. The topological polar surface area (TPSA) is 101 Å². The maximum Gasteiger partial charge on any atom is 0.586 e. The van der Waals surface area contributed by atoms with E-state index in [9.17, 15) is 13.6 Å². The molecule has 9 nitrogen and oxygen atoms in total. The largest absolute Gasteiger partial charge is 0.586 e. The lowest BCUT2D eigenvalue weighted by Crippen LogP contribution is -2.46. The summed E-state index contributed by atoms with van der Waals surface area (Å²) in [4.78, 5) is 22.5. The molecule has 2 aromatic carbocycles. The third kappa shape index (κ3) is 3.94. The fourth-order valence-electron chi connectivity index (χ4n) is 4.85. The Labute approximate surface area is 216 Å². The molecule has 38 heavy (non-hydrogen) atoms. The van der Waals surface area contributed by atoms with Crippen molar-refractivity contribution >= 4 is 12.0 Å². The average Bonchev–Trinajstić information content (AvgIpc) is 3.41. The summed E-state index contributed by atoms with van der Waals surface area (Å²) in [6.07, 6.45) is 0.920. The molecule has 0 saturated heterocycles. The van der Waals surface area contributed by atoms with E-state index in [4.69, 9.17) is 14.2 Å². The van der Waals surface area contributed by atoms with Gasteiger partial charge in [-0.3, -0.25) is 14.8 Å². The van der Waals surface area contributed by atoms with E-state index in [-0.39, 0.29) is 29.8 Å². The lowest BCUT2D eigenvalue weighted by Gasteiger charge is -2.34. The number of alkyl halides is 2. The Morgan fingerprint density at radius 3 is 2.63 bits per heavy atom. The Morgan fingerprint density at radius 2 is 1.92 bits per heavy atom. The zero-order valence-electron chi connectivity index (χ0n) is 20.5. The van der Waals surface area contributed by atoms with E-state index in [0.717, 1.165) is 5.56 Å². The fourth-order valence-corrected chi connectivity index (χ4v) is 4.85. The van der Waals surface area contributed by atoms with Gasteiger partial charge in [-0.25, -0.2) is 0 Å². The molecule has 1 N–H and O–H groups in total. The van der Waals surface area contributed by atoms with Crippen molar-refractivity contribution in [3.63, 3.8) is 0 Å². The van der Waals surface area contributed by atoms with Gasteiger partial charge in [0.25, 0.3) is 0 Å². The molecule has 3 aromatic rings. The molecule has 0 spiro atoms. The van der Waals surface area contributed by atoms with E-state index < -0.39 is 23.9 Å². The molecule has 0 aliphatic carbocycles. The standard InChI is InChI=1S/C27H23F2N3O6/c1-4-14-11-31-19(12-30-14)22-9-18(16-6-5-15(34-3)7-20(16)36-22)32-25(33)26(2)13-35-21-10-24-23(8-17(21)26)37-27(28,29)38-24/h4-8,10-12,18,22H,1,9,13H2,2-3H3,(H,32,33)/t18-,22-,26+/m1/s1. The predicted molar refractivity (Wildman–Crippen MR) is 129 cm³/mol. The van der Waals surface area contributed by atoms with Crippen molar-refractivity contribution in [2.45, 2.75) is 37.2 Å². The molecule has 1 aromatic heterocycles. The highest BCUT2D eigenvalue weighted by Gasteiger charge is 2.49. The Morgan fingerprint density at radius 1 is 1.13 bits per heavy atom. The van der Waals surface area contributed by atoms with Crippen LogP contribution in [0.4, 0.5) is 8.78 Å². The van der Waals surface area contributed by atoms with Gasteiger partial charge in [-0.15, -0.1) is 8.78 Å². The van der Waals surface area contributed by atoms with Crippen LogP contribution in [0, 0.1) is 0 Å². The highest BCUT2D eigenvalue weighted by molar-refractivity contribution is 5.90. The van der Waals surface area contributed by atoms with E-state index in [1.165, 1.54) is 12.1 Å². The number of benzene rings is 2. The SMILES string of the molecule is C=Cc1cnc([C@H]2C[C@@H](NC(=O)[C@@]3(C)COc4cc5c(cc43)OC(F)(F)O5)c3ccc(OC)cc3O2)cn1. The molecule has 11 heteroatoms. The van der Waals surface area contributed by atoms with Crippen molar-refractivity contribution in [1.82, 2.24) is 15.3 Å². The molecule has 1 amide bonds. The van der Waals surface area contributed by atoms with Gasteiger partial charge in [0.15, 0.2) is 11.5 Å². The van der Waals surface area contributed by atoms with Gasteiger partial charge in [0, 0.05) is 29.7 Å². The van der Waals surface area contributed by atoms with Crippen LogP contribution in [-0.4, -0.2) is 35.9 Å². The number of aromatic nitrogens is 2. The molecule has 0 fully saturated rings. The first-order chi connectivity index (χ1) is 18.2. The Bertz CT molecular complexity index is 1450. The second-order valence-corrected chi connectivity index (χ2v) is 9.43. The quantitative estimate of drug-likeness (QED) is 0.523. The minimum Gasteiger partial charge on any atom is -0.497 e. The first-order valence-electron chi connectivity index (χ1n) is 11.9. The molecule has 196 valence electrons. The van der Waals surface area contributed by atoms with Gasteiger partial charge in [-0.1, -0.05) is 6.58 Å². The number of ether oxygens (including phenoxy) is 5. The summed E-state index contributed by atoms with van der Waals surface area (Å²) in [5, 5.41) is 3.12. The van der Waals surface area contributed by atoms with E-state index in [0.29, 0.717) is 34.9 Å². The maximum absolute atomic E-state index is 13.8. The number of methoxy groups -OCH3 is 1. The van der Waals surface area contributed by atoms with E-state index >= 15 is 0 Å². The number of nitrogens with zero attached hydrogens (tertiary/aromatic N) is 2. The van der Waals surface area contributed by atoms with Gasteiger partial charge in [0.1, 0.15) is 35.4 Å². The van der Waals surface area contributed by atoms with E-state index in [2.05, 4.69) is 31.3 Å². The minimum atomic E-state index is -3.77. The van der Waals surface area contributed by atoms with Gasteiger partial charge < -0.3 is 29.0 Å².